The van der Waals surface area contributed by atoms with Gasteiger partial charge in [0.25, 0.3) is 0 Å². The summed E-state index contributed by atoms with van der Waals surface area (Å²) in [5.74, 6) is -1.89. The van der Waals surface area contributed by atoms with E-state index in [1.54, 1.807) is 13.1 Å². The molecule has 0 saturated heterocycles. The van der Waals surface area contributed by atoms with Crippen molar-refractivity contribution in [2.75, 3.05) is 11.9 Å². The average Bonchev–Trinajstić information content (AvgIpc) is 2.37. The Hall–Kier alpha value is -2.63. The maximum absolute atomic E-state index is 11.8. The van der Waals surface area contributed by atoms with Gasteiger partial charge in [-0.05, 0) is 18.2 Å². The summed E-state index contributed by atoms with van der Waals surface area (Å²) < 4.78 is 5.10. The Kier molecular flexibility index (Phi) is 3.08. The Morgan fingerprint density at radius 3 is 2.53 bits per heavy atom. The summed E-state index contributed by atoms with van der Waals surface area (Å²) in [5, 5.41) is 9.03. The minimum atomic E-state index is -1.30. The molecule has 98 valence electrons. The number of carboxylic acid groups (broad SMARTS) is 1. The van der Waals surface area contributed by atoms with Gasteiger partial charge in [0.1, 0.15) is 5.58 Å². The van der Waals surface area contributed by atoms with Crippen molar-refractivity contribution in [2.24, 2.45) is 0 Å². The van der Waals surface area contributed by atoms with Crippen molar-refractivity contribution in [3.8, 4) is 0 Å². The Morgan fingerprint density at radius 1 is 1.26 bits per heavy atom. The van der Waals surface area contributed by atoms with Crippen LogP contribution >= 0.6 is 0 Å². The third-order valence-corrected chi connectivity index (χ3v) is 2.78. The van der Waals surface area contributed by atoms with Crippen LogP contribution in [0, 0.1) is 0 Å². The lowest BCUT2D eigenvalue weighted by molar-refractivity contribution is -0.116. The molecule has 19 heavy (non-hydrogen) atoms. The first kappa shape index (κ1) is 12.8. The molecule has 0 aliphatic heterocycles. The number of nitrogens with zero attached hydrogens (tertiary/aromatic N) is 1. The molecule has 1 aromatic heterocycles. The molecule has 2 aromatic rings. The molecule has 0 radical (unpaired) electrons. The first-order chi connectivity index (χ1) is 8.90. The summed E-state index contributed by atoms with van der Waals surface area (Å²) in [6.07, 6.45) is 0. The molecule has 0 unspecified atom stereocenters. The predicted octanol–water partition coefficient (Wildman–Crippen LogP) is 1.47. The lowest BCUT2D eigenvalue weighted by Gasteiger charge is -2.15. The minimum absolute atomic E-state index is 0.172. The Bertz CT molecular complexity index is 731. The number of benzene rings is 1. The fourth-order valence-corrected chi connectivity index (χ4v) is 1.64. The second kappa shape index (κ2) is 4.56. The fourth-order valence-electron chi connectivity index (χ4n) is 1.64. The van der Waals surface area contributed by atoms with E-state index in [9.17, 15) is 14.4 Å². The SMILES string of the molecule is CC(=O)N(C)c1ccc2oc(C(=O)O)cc(=O)c2c1. The molecule has 6 heteroatoms. The normalized spacial score (nSPS) is 10.4. The van der Waals surface area contributed by atoms with Crippen LogP contribution in [0.3, 0.4) is 0 Å². The Morgan fingerprint density at radius 2 is 1.95 bits per heavy atom. The van der Waals surface area contributed by atoms with Crippen LogP contribution in [0.5, 0.6) is 0 Å². The standard InChI is InChI=1S/C13H11NO5/c1-7(15)14(2)8-3-4-11-9(5-8)10(16)6-12(19-11)13(17)18/h3-6H,1-2H3,(H,17,18). The van der Waals surface area contributed by atoms with Gasteiger partial charge in [-0.2, -0.15) is 0 Å². The molecule has 0 bridgehead atoms. The highest BCUT2D eigenvalue weighted by Gasteiger charge is 2.12. The summed E-state index contributed by atoms with van der Waals surface area (Å²) in [5.41, 5.74) is 0.249. The molecule has 1 N–H and O–H groups in total. The second-order valence-corrected chi connectivity index (χ2v) is 4.04. The van der Waals surface area contributed by atoms with Crippen LogP contribution in [0.4, 0.5) is 5.69 Å². The maximum Gasteiger partial charge on any atom is 0.371 e. The van der Waals surface area contributed by atoms with Crippen molar-refractivity contribution >= 4 is 28.5 Å². The monoisotopic (exact) mass is 261 g/mol. The van der Waals surface area contributed by atoms with Crippen LogP contribution in [0.15, 0.2) is 33.5 Å². The zero-order chi connectivity index (χ0) is 14.2. The number of amides is 1. The molecule has 0 spiro atoms. The number of carbonyl (C=O) groups excluding carboxylic acids is 1. The largest absolute Gasteiger partial charge is 0.475 e. The van der Waals surface area contributed by atoms with Crippen LogP contribution in [0.1, 0.15) is 17.5 Å². The van der Waals surface area contributed by atoms with Gasteiger partial charge in [0.05, 0.1) is 5.39 Å². The van der Waals surface area contributed by atoms with Crippen molar-refractivity contribution < 1.29 is 19.1 Å². The van der Waals surface area contributed by atoms with Crippen LogP contribution in [0.25, 0.3) is 11.0 Å². The molecule has 2 rings (SSSR count). The highest BCUT2D eigenvalue weighted by molar-refractivity contribution is 5.94. The van der Waals surface area contributed by atoms with E-state index in [-0.39, 0.29) is 16.9 Å². The number of carboxylic acids is 1. The van der Waals surface area contributed by atoms with Crippen LogP contribution < -0.4 is 10.3 Å². The Labute approximate surface area is 107 Å². The third kappa shape index (κ3) is 2.33. The molecule has 6 nitrogen and oxygen atoms in total. The lowest BCUT2D eigenvalue weighted by Crippen LogP contribution is -2.22. The van der Waals surface area contributed by atoms with Crippen LogP contribution in [-0.4, -0.2) is 24.0 Å². The van der Waals surface area contributed by atoms with Crippen LogP contribution in [-0.2, 0) is 4.79 Å². The average molecular weight is 261 g/mol. The van der Waals surface area contributed by atoms with E-state index >= 15 is 0 Å². The molecular formula is C13H11NO5. The molecule has 1 amide bonds. The van der Waals surface area contributed by atoms with Gasteiger partial charge in [-0.15, -0.1) is 0 Å². The van der Waals surface area contributed by atoms with Crippen molar-refractivity contribution in [1.29, 1.82) is 0 Å². The number of hydrogen-bond acceptors (Lipinski definition) is 4. The van der Waals surface area contributed by atoms with Gasteiger partial charge >= 0.3 is 5.97 Å². The van der Waals surface area contributed by atoms with Gasteiger partial charge in [-0.3, -0.25) is 9.59 Å². The van der Waals surface area contributed by atoms with E-state index in [1.165, 1.54) is 24.0 Å². The van der Waals surface area contributed by atoms with Gasteiger partial charge in [-0.1, -0.05) is 0 Å². The van der Waals surface area contributed by atoms with E-state index in [0.29, 0.717) is 5.69 Å². The molecule has 0 atom stereocenters. The fraction of sp³-hybridized carbons (Fsp3) is 0.154. The van der Waals surface area contributed by atoms with E-state index < -0.39 is 17.2 Å². The number of hydrogen-bond donors (Lipinski definition) is 1. The van der Waals surface area contributed by atoms with Gasteiger partial charge in [0.15, 0.2) is 5.43 Å². The first-order valence-electron chi connectivity index (χ1n) is 5.45. The summed E-state index contributed by atoms with van der Waals surface area (Å²) >= 11 is 0. The highest BCUT2D eigenvalue weighted by Crippen LogP contribution is 2.20. The lowest BCUT2D eigenvalue weighted by atomic mass is 10.2. The predicted molar refractivity (Wildman–Crippen MR) is 68.5 cm³/mol. The zero-order valence-corrected chi connectivity index (χ0v) is 10.3. The number of rotatable bonds is 2. The molecule has 0 fully saturated rings. The zero-order valence-electron chi connectivity index (χ0n) is 10.3. The molecule has 0 aliphatic rings. The molecule has 1 heterocycles. The van der Waals surface area contributed by atoms with E-state index in [4.69, 9.17) is 9.52 Å². The number of carbonyl (C=O) groups is 2. The van der Waals surface area contributed by atoms with Crippen molar-refractivity contribution in [3.05, 3.63) is 40.2 Å². The summed E-state index contributed by atoms with van der Waals surface area (Å²) in [7, 11) is 1.58. The number of anilines is 1. The molecule has 0 saturated carbocycles. The summed E-state index contributed by atoms with van der Waals surface area (Å²) in [6.45, 7) is 1.40. The smallest absolute Gasteiger partial charge is 0.371 e. The van der Waals surface area contributed by atoms with E-state index in [0.717, 1.165) is 6.07 Å². The maximum atomic E-state index is 11.8. The van der Waals surface area contributed by atoms with E-state index in [2.05, 4.69) is 0 Å². The van der Waals surface area contributed by atoms with Crippen molar-refractivity contribution in [2.45, 2.75) is 6.92 Å². The first-order valence-corrected chi connectivity index (χ1v) is 5.45. The summed E-state index contributed by atoms with van der Waals surface area (Å²) in [4.78, 5) is 35.2. The van der Waals surface area contributed by atoms with Gasteiger partial charge < -0.3 is 14.4 Å². The number of aromatic carboxylic acids is 1. The molecule has 0 aliphatic carbocycles. The highest BCUT2D eigenvalue weighted by atomic mass is 16.4. The minimum Gasteiger partial charge on any atom is -0.475 e. The van der Waals surface area contributed by atoms with Crippen molar-refractivity contribution in [1.82, 2.24) is 0 Å². The second-order valence-electron chi connectivity index (χ2n) is 4.04. The topological polar surface area (TPSA) is 87.8 Å². The van der Waals surface area contributed by atoms with Gasteiger partial charge in [0, 0.05) is 25.7 Å². The third-order valence-electron chi connectivity index (χ3n) is 2.78. The summed E-state index contributed by atoms with van der Waals surface area (Å²) in [6, 6.07) is 5.46. The number of fused-ring (bicyclic) bond motifs is 1. The van der Waals surface area contributed by atoms with Gasteiger partial charge in [0.2, 0.25) is 11.7 Å². The molecular weight excluding hydrogens is 250 g/mol. The molecule has 1 aromatic carbocycles. The Balaban J connectivity index is 2.65. The van der Waals surface area contributed by atoms with Gasteiger partial charge in [-0.25, -0.2) is 4.79 Å². The van der Waals surface area contributed by atoms with Crippen molar-refractivity contribution in [3.63, 3.8) is 0 Å². The van der Waals surface area contributed by atoms with E-state index in [1.807, 2.05) is 0 Å². The quantitative estimate of drug-likeness (QED) is 0.884. The van der Waals surface area contributed by atoms with Crippen LogP contribution in [0.2, 0.25) is 0 Å².